The molecule has 0 bridgehead atoms. The third kappa shape index (κ3) is 2.53. The maximum atomic E-state index is 10.8. The number of carboxylic acid groups (broad SMARTS) is 1. The Kier molecular flexibility index (Phi) is 3.65. The molecule has 0 spiro atoms. The maximum Gasteiger partial charge on any atom is 0.407 e. The standard InChI is InChI=1S/C14H17NO3/c1-10-8-12(2-3-13(10)9-16)11-4-6-15(7-5-11)14(17)18/h2-3,8-9,11H,4-7H2,1H3,(H,17,18). The Balaban J connectivity index is 2.08. The summed E-state index contributed by atoms with van der Waals surface area (Å²) >= 11 is 0. The van der Waals surface area contributed by atoms with Crippen molar-refractivity contribution in [2.75, 3.05) is 13.1 Å². The van der Waals surface area contributed by atoms with E-state index in [1.807, 2.05) is 25.1 Å². The topological polar surface area (TPSA) is 57.6 Å². The predicted molar refractivity (Wildman–Crippen MR) is 68.1 cm³/mol. The maximum absolute atomic E-state index is 10.8. The molecule has 96 valence electrons. The van der Waals surface area contributed by atoms with E-state index < -0.39 is 6.09 Å². The number of rotatable bonds is 2. The summed E-state index contributed by atoms with van der Waals surface area (Å²) in [6.45, 7) is 3.11. The second-order valence-corrected chi connectivity index (χ2v) is 4.78. The Morgan fingerprint density at radius 3 is 2.56 bits per heavy atom. The largest absolute Gasteiger partial charge is 0.465 e. The molecule has 2 rings (SSSR count). The van der Waals surface area contributed by atoms with E-state index in [9.17, 15) is 9.59 Å². The molecule has 4 heteroatoms. The quantitative estimate of drug-likeness (QED) is 0.817. The zero-order valence-corrected chi connectivity index (χ0v) is 10.4. The summed E-state index contributed by atoms with van der Waals surface area (Å²) in [5.74, 6) is 0.403. The van der Waals surface area contributed by atoms with Gasteiger partial charge in [-0.1, -0.05) is 18.2 Å². The number of aldehydes is 1. The highest BCUT2D eigenvalue weighted by Crippen LogP contribution is 2.29. The third-order valence-electron chi connectivity index (χ3n) is 3.66. The minimum Gasteiger partial charge on any atom is -0.465 e. The van der Waals surface area contributed by atoms with Crippen LogP contribution in [0.2, 0.25) is 0 Å². The van der Waals surface area contributed by atoms with Crippen molar-refractivity contribution in [2.24, 2.45) is 0 Å². The Morgan fingerprint density at radius 1 is 1.39 bits per heavy atom. The van der Waals surface area contributed by atoms with E-state index in [4.69, 9.17) is 5.11 Å². The van der Waals surface area contributed by atoms with E-state index >= 15 is 0 Å². The summed E-state index contributed by atoms with van der Waals surface area (Å²) in [6, 6.07) is 5.88. The highest BCUT2D eigenvalue weighted by Gasteiger charge is 2.23. The fourth-order valence-corrected chi connectivity index (χ4v) is 2.49. The molecule has 1 heterocycles. The van der Waals surface area contributed by atoms with Crippen molar-refractivity contribution in [3.05, 3.63) is 34.9 Å². The molecule has 1 saturated heterocycles. The number of carbonyl (C=O) groups excluding carboxylic acids is 1. The zero-order valence-electron chi connectivity index (χ0n) is 10.4. The van der Waals surface area contributed by atoms with Crippen molar-refractivity contribution in [3.8, 4) is 0 Å². The lowest BCUT2D eigenvalue weighted by atomic mass is 9.88. The summed E-state index contributed by atoms with van der Waals surface area (Å²) in [7, 11) is 0. The number of hydrogen-bond donors (Lipinski definition) is 1. The monoisotopic (exact) mass is 247 g/mol. The lowest BCUT2D eigenvalue weighted by Crippen LogP contribution is -2.36. The first-order valence-corrected chi connectivity index (χ1v) is 6.15. The van der Waals surface area contributed by atoms with Gasteiger partial charge < -0.3 is 10.0 Å². The molecule has 0 unspecified atom stereocenters. The van der Waals surface area contributed by atoms with Crippen molar-refractivity contribution in [1.29, 1.82) is 0 Å². The molecule has 0 aliphatic carbocycles. The fraction of sp³-hybridized carbons (Fsp3) is 0.429. The lowest BCUT2D eigenvalue weighted by Gasteiger charge is -2.30. The predicted octanol–water partition coefficient (Wildman–Crippen LogP) is 2.66. The van der Waals surface area contributed by atoms with E-state index in [0.717, 1.165) is 30.3 Å². The average Bonchev–Trinajstić information content (AvgIpc) is 2.38. The first-order chi connectivity index (χ1) is 8.61. The zero-order chi connectivity index (χ0) is 13.1. The van der Waals surface area contributed by atoms with Gasteiger partial charge in [0.15, 0.2) is 0 Å². The molecule has 1 amide bonds. The van der Waals surface area contributed by atoms with Gasteiger partial charge in [0.1, 0.15) is 6.29 Å². The van der Waals surface area contributed by atoms with Gasteiger partial charge in [-0.15, -0.1) is 0 Å². The fourth-order valence-electron chi connectivity index (χ4n) is 2.49. The van der Waals surface area contributed by atoms with Gasteiger partial charge >= 0.3 is 6.09 Å². The Bertz CT molecular complexity index is 462. The third-order valence-corrected chi connectivity index (χ3v) is 3.66. The van der Waals surface area contributed by atoms with Crippen molar-refractivity contribution >= 4 is 12.4 Å². The van der Waals surface area contributed by atoms with Crippen molar-refractivity contribution in [2.45, 2.75) is 25.7 Å². The highest BCUT2D eigenvalue weighted by molar-refractivity contribution is 5.77. The molecule has 18 heavy (non-hydrogen) atoms. The van der Waals surface area contributed by atoms with Crippen LogP contribution in [0, 0.1) is 6.92 Å². The number of nitrogens with zero attached hydrogens (tertiary/aromatic N) is 1. The Labute approximate surface area is 106 Å². The lowest BCUT2D eigenvalue weighted by molar-refractivity contribution is 0.112. The van der Waals surface area contributed by atoms with E-state index in [1.165, 1.54) is 10.5 Å². The Hall–Kier alpha value is -1.84. The molecule has 0 aromatic heterocycles. The van der Waals surface area contributed by atoms with Gasteiger partial charge in [0, 0.05) is 18.7 Å². The van der Waals surface area contributed by atoms with Crippen LogP contribution in [0.15, 0.2) is 18.2 Å². The van der Waals surface area contributed by atoms with E-state index in [1.54, 1.807) is 0 Å². The van der Waals surface area contributed by atoms with Crippen LogP contribution in [-0.2, 0) is 0 Å². The number of hydrogen-bond acceptors (Lipinski definition) is 2. The molecule has 1 N–H and O–H groups in total. The number of carbonyl (C=O) groups is 2. The molecule has 1 aliphatic rings. The van der Waals surface area contributed by atoms with Crippen LogP contribution in [0.1, 0.15) is 40.2 Å². The van der Waals surface area contributed by atoms with Crippen molar-refractivity contribution in [1.82, 2.24) is 4.90 Å². The first-order valence-electron chi connectivity index (χ1n) is 6.15. The summed E-state index contributed by atoms with van der Waals surface area (Å²) in [5.41, 5.74) is 2.92. The average molecular weight is 247 g/mol. The van der Waals surface area contributed by atoms with Gasteiger partial charge in [0.25, 0.3) is 0 Å². The van der Waals surface area contributed by atoms with Crippen LogP contribution in [0.3, 0.4) is 0 Å². The number of piperidine rings is 1. The second-order valence-electron chi connectivity index (χ2n) is 4.78. The number of amides is 1. The molecular weight excluding hydrogens is 230 g/mol. The second kappa shape index (κ2) is 5.21. The van der Waals surface area contributed by atoms with E-state index in [-0.39, 0.29) is 0 Å². The molecule has 4 nitrogen and oxygen atoms in total. The van der Waals surface area contributed by atoms with Crippen LogP contribution in [-0.4, -0.2) is 35.5 Å². The molecule has 1 fully saturated rings. The molecule has 0 saturated carbocycles. The SMILES string of the molecule is Cc1cc(C2CCN(C(=O)O)CC2)ccc1C=O. The van der Waals surface area contributed by atoms with Gasteiger partial charge in [-0.05, 0) is 36.8 Å². The summed E-state index contributed by atoms with van der Waals surface area (Å²) in [5, 5.41) is 8.89. The smallest absolute Gasteiger partial charge is 0.407 e. The molecule has 0 radical (unpaired) electrons. The van der Waals surface area contributed by atoms with Crippen LogP contribution >= 0.6 is 0 Å². The van der Waals surface area contributed by atoms with Crippen molar-refractivity contribution < 1.29 is 14.7 Å². The van der Waals surface area contributed by atoms with E-state index in [0.29, 0.717) is 19.0 Å². The highest BCUT2D eigenvalue weighted by atomic mass is 16.4. The van der Waals surface area contributed by atoms with Gasteiger partial charge in [0.05, 0.1) is 0 Å². The van der Waals surface area contributed by atoms with Crippen LogP contribution in [0.25, 0.3) is 0 Å². The summed E-state index contributed by atoms with van der Waals surface area (Å²) in [6.07, 6.45) is 1.74. The van der Waals surface area contributed by atoms with Crippen LogP contribution < -0.4 is 0 Å². The van der Waals surface area contributed by atoms with Gasteiger partial charge in [-0.25, -0.2) is 4.79 Å². The number of likely N-dealkylation sites (tertiary alicyclic amines) is 1. The van der Waals surface area contributed by atoms with Gasteiger partial charge in [0.2, 0.25) is 0 Å². The first kappa shape index (κ1) is 12.6. The van der Waals surface area contributed by atoms with E-state index in [2.05, 4.69) is 0 Å². The van der Waals surface area contributed by atoms with Gasteiger partial charge in [-0.3, -0.25) is 4.79 Å². The molecule has 1 aromatic rings. The molecule has 1 aliphatic heterocycles. The number of aryl methyl sites for hydroxylation is 1. The van der Waals surface area contributed by atoms with Gasteiger partial charge in [-0.2, -0.15) is 0 Å². The minimum absolute atomic E-state index is 0.403. The molecule has 1 aromatic carbocycles. The molecule has 0 atom stereocenters. The minimum atomic E-state index is -0.832. The Morgan fingerprint density at radius 2 is 2.06 bits per heavy atom. The van der Waals surface area contributed by atoms with Crippen molar-refractivity contribution in [3.63, 3.8) is 0 Å². The summed E-state index contributed by atoms with van der Waals surface area (Å²) < 4.78 is 0. The van der Waals surface area contributed by atoms with Crippen LogP contribution in [0.4, 0.5) is 4.79 Å². The normalized spacial score (nSPS) is 16.6. The van der Waals surface area contributed by atoms with Crippen LogP contribution in [0.5, 0.6) is 0 Å². The summed E-state index contributed by atoms with van der Waals surface area (Å²) in [4.78, 5) is 23.0. The molecular formula is C14H17NO3. The number of benzene rings is 1.